The van der Waals surface area contributed by atoms with Crippen molar-refractivity contribution < 1.29 is 0 Å². The van der Waals surface area contributed by atoms with Gasteiger partial charge in [-0.05, 0) is 74.5 Å². The second-order valence-electron chi connectivity index (χ2n) is 9.81. The Kier molecular flexibility index (Phi) is 7.67. The van der Waals surface area contributed by atoms with Gasteiger partial charge in [0.2, 0.25) is 11.9 Å². The molecule has 0 spiro atoms. The van der Waals surface area contributed by atoms with Gasteiger partial charge in [0.05, 0.1) is 22.8 Å². The molecule has 0 fully saturated rings. The van der Waals surface area contributed by atoms with E-state index in [9.17, 15) is 0 Å². The summed E-state index contributed by atoms with van der Waals surface area (Å²) < 4.78 is 0. The molecule has 0 aliphatic rings. The van der Waals surface area contributed by atoms with Gasteiger partial charge < -0.3 is 10.6 Å². The van der Waals surface area contributed by atoms with E-state index in [-0.39, 0.29) is 0 Å². The Morgan fingerprint density at radius 2 is 0.929 bits per heavy atom. The molecule has 0 aliphatic carbocycles. The molecule has 0 radical (unpaired) electrons. The summed E-state index contributed by atoms with van der Waals surface area (Å²) in [5.74, 6) is 1.06. The third-order valence-corrected chi connectivity index (χ3v) is 6.49. The number of nitrogens with zero attached hydrogens (tertiary/aromatic N) is 6. The SMILES string of the molecule is Cc1ccc(Nc2nccc(-c3cccc(N=Nc4cccc(-c5ccnc(Nc6ccc(C)cc6)n5)c4)c3)n2)cc1. The molecule has 4 aromatic carbocycles. The minimum absolute atomic E-state index is 0.530. The van der Waals surface area contributed by atoms with Gasteiger partial charge in [0.25, 0.3) is 0 Å². The average molecular weight is 549 g/mol. The number of hydrogen-bond acceptors (Lipinski definition) is 8. The van der Waals surface area contributed by atoms with Gasteiger partial charge in [0.1, 0.15) is 0 Å². The lowest BCUT2D eigenvalue weighted by Gasteiger charge is -2.08. The molecule has 8 nitrogen and oxygen atoms in total. The van der Waals surface area contributed by atoms with E-state index in [0.717, 1.165) is 45.3 Å². The molecule has 42 heavy (non-hydrogen) atoms. The number of aryl methyl sites for hydroxylation is 2. The van der Waals surface area contributed by atoms with E-state index in [1.54, 1.807) is 12.4 Å². The maximum atomic E-state index is 4.69. The van der Waals surface area contributed by atoms with Crippen LogP contribution in [0.1, 0.15) is 11.1 Å². The fourth-order valence-electron chi connectivity index (χ4n) is 4.26. The van der Waals surface area contributed by atoms with Gasteiger partial charge in [-0.1, -0.05) is 59.7 Å². The van der Waals surface area contributed by atoms with Gasteiger partial charge >= 0.3 is 0 Å². The molecule has 0 unspecified atom stereocenters. The first-order valence-corrected chi connectivity index (χ1v) is 13.5. The first kappa shape index (κ1) is 26.5. The largest absolute Gasteiger partial charge is 0.324 e. The lowest BCUT2D eigenvalue weighted by molar-refractivity contribution is 1.16. The highest BCUT2D eigenvalue weighted by Gasteiger charge is 2.06. The summed E-state index contributed by atoms with van der Waals surface area (Å²) in [5.41, 5.74) is 9.12. The Labute approximate surface area is 244 Å². The van der Waals surface area contributed by atoms with E-state index in [1.807, 2.05) is 109 Å². The first-order chi connectivity index (χ1) is 20.6. The number of aromatic nitrogens is 4. The molecular formula is C34H28N8. The zero-order valence-corrected chi connectivity index (χ0v) is 23.2. The molecule has 0 amide bonds. The molecule has 2 heterocycles. The van der Waals surface area contributed by atoms with Crippen molar-refractivity contribution in [2.75, 3.05) is 10.6 Å². The Bertz CT molecular complexity index is 1710. The Balaban J connectivity index is 1.17. The quantitative estimate of drug-likeness (QED) is 0.184. The molecule has 8 heteroatoms. The van der Waals surface area contributed by atoms with Crippen molar-refractivity contribution in [2.24, 2.45) is 10.2 Å². The average Bonchev–Trinajstić information content (AvgIpc) is 3.03. The van der Waals surface area contributed by atoms with Gasteiger partial charge in [-0.25, -0.2) is 19.9 Å². The van der Waals surface area contributed by atoms with E-state index in [1.165, 1.54) is 11.1 Å². The first-order valence-electron chi connectivity index (χ1n) is 13.5. The highest BCUT2D eigenvalue weighted by atomic mass is 15.1. The zero-order valence-electron chi connectivity index (χ0n) is 23.2. The normalized spacial score (nSPS) is 11.0. The summed E-state index contributed by atoms with van der Waals surface area (Å²) in [7, 11) is 0. The summed E-state index contributed by atoms with van der Waals surface area (Å²) in [5, 5.41) is 15.5. The van der Waals surface area contributed by atoms with Crippen LogP contribution < -0.4 is 10.6 Å². The van der Waals surface area contributed by atoms with Crippen molar-refractivity contribution in [1.29, 1.82) is 0 Å². The van der Waals surface area contributed by atoms with Gasteiger partial charge in [0.15, 0.2) is 0 Å². The number of rotatable bonds is 8. The molecule has 6 rings (SSSR count). The minimum Gasteiger partial charge on any atom is -0.324 e. The summed E-state index contributed by atoms with van der Waals surface area (Å²) in [6.07, 6.45) is 3.49. The van der Waals surface area contributed by atoms with Gasteiger partial charge in [-0.15, -0.1) is 0 Å². The number of benzene rings is 4. The van der Waals surface area contributed by atoms with E-state index >= 15 is 0 Å². The number of hydrogen-bond donors (Lipinski definition) is 2. The van der Waals surface area contributed by atoms with Crippen molar-refractivity contribution >= 4 is 34.6 Å². The van der Waals surface area contributed by atoms with Crippen LogP contribution in [0.4, 0.5) is 34.6 Å². The number of azo groups is 1. The van der Waals surface area contributed by atoms with Crippen LogP contribution in [0.25, 0.3) is 22.5 Å². The molecule has 6 aromatic rings. The van der Waals surface area contributed by atoms with Crippen LogP contribution >= 0.6 is 0 Å². The summed E-state index contributed by atoms with van der Waals surface area (Å²) >= 11 is 0. The molecule has 0 bridgehead atoms. The van der Waals surface area contributed by atoms with Gasteiger partial charge in [-0.3, -0.25) is 0 Å². The van der Waals surface area contributed by atoms with Gasteiger partial charge in [0, 0.05) is 34.9 Å². The van der Waals surface area contributed by atoms with Crippen molar-refractivity contribution in [3.8, 4) is 22.5 Å². The van der Waals surface area contributed by atoms with Crippen molar-refractivity contribution in [1.82, 2.24) is 19.9 Å². The summed E-state index contributed by atoms with van der Waals surface area (Å²) in [6, 6.07) is 35.6. The fraction of sp³-hybridized carbons (Fsp3) is 0.0588. The zero-order chi connectivity index (χ0) is 28.7. The number of nitrogens with one attached hydrogen (secondary N) is 2. The Hall–Kier alpha value is -5.76. The second-order valence-corrected chi connectivity index (χ2v) is 9.81. The Morgan fingerprint density at radius 1 is 0.500 bits per heavy atom. The predicted molar refractivity (Wildman–Crippen MR) is 168 cm³/mol. The van der Waals surface area contributed by atoms with Crippen LogP contribution in [0.15, 0.2) is 132 Å². The maximum absolute atomic E-state index is 4.69. The molecular weight excluding hydrogens is 520 g/mol. The Morgan fingerprint density at radius 3 is 1.36 bits per heavy atom. The molecule has 0 saturated heterocycles. The van der Waals surface area contributed by atoms with Crippen LogP contribution in [-0.2, 0) is 0 Å². The van der Waals surface area contributed by atoms with Crippen LogP contribution in [0.5, 0.6) is 0 Å². The van der Waals surface area contributed by atoms with Crippen molar-refractivity contribution in [2.45, 2.75) is 13.8 Å². The fourth-order valence-corrected chi connectivity index (χ4v) is 4.26. The lowest BCUT2D eigenvalue weighted by atomic mass is 10.1. The van der Waals surface area contributed by atoms with Crippen molar-refractivity contribution in [3.63, 3.8) is 0 Å². The molecule has 0 saturated carbocycles. The van der Waals surface area contributed by atoms with E-state index in [0.29, 0.717) is 11.9 Å². The summed E-state index contributed by atoms with van der Waals surface area (Å²) in [6.45, 7) is 4.11. The standard InChI is InChI=1S/C34H28N8/c1-23-9-13-27(14-10-23)37-33-35-19-17-31(39-33)25-5-3-7-29(21-25)41-42-30-8-4-6-26(22-30)32-18-20-36-34(40-32)38-28-15-11-24(2)12-16-28/h3-22H,1-2H3,(H,35,37,39)(H,36,38,40). The van der Waals surface area contributed by atoms with Crippen LogP contribution in [0.2, 0.25) is 0 Å². The second kappa shape index (κ2) is 12.2. The van der Waals surface area contributed by atoms with Crippen LogP contribution in [0, 0.1) is 13.8 Å². The predicted octanol–water partition coefficient (Wildman–Crippen LogP) is 9.12. The third kappa shape index (κ3) is 6.68. The van der Waals surface area contributed by atoms with Crippen molar-refractivity contribution in [3.05, 3.63) is 133 Å². The lowest BCUT2D eigenvalue weighted by Crippen LogP contribution is -1.97. The van der Waals surface area contributed by atoms with E-state index < -0.39 is 0 Å². The molecule has 2 aromatic heterocycles. The van der Waals surface area contributed by atoms with Gasteiger partial charge in [-0.2, -0.15) is 10.2 Å². The monoisotopic (exact) mass is 548 g/mol. The molecule has 2 N–H and O–H groups in total. The smallest absolute Gasteiger partial charge is 0.227 e. The number of anilines is 4. The highest BCUT2D eigenvalue weighted by molar-refractivity contribution is 5.67. The van der Waals surface area contributed by atoms with E-state index in [2.05, 4.69) is 44.7 Å². The van der Waals surface area contributed by atoms with Crippen LogP contribution in [-0.4, -0.2) is 19.9 Å². The topological polar surface area (TPSA) is 100 Å². The molecule has 0 atom stereocenters. The molecule has 0 aliphatic heterocycles. The van der Waals surface area contributed by atoms with E-state index in [4.69, 9.17) is 9.97 Å². The van der Waals surface area contributed by atoms with Crippen LogP contribution in [0.3, 0.4) is 0 Å². The molecule has 204 valence electrons. The maximum Gasteiger partial charge on any atom is 0.227 e. The third-order valence-electron chi connectivity index (χ3n) is 6.49. The minimum atomic E-state index is 0.530. The summed E-state index contributed by atoms with van der Waals surface area (Å²) in [4.78, 5) is 18.1. The highest BCUT2D eigenvalue weighted by Crippen LogP contribution is 2.28.